The minimum absolute atomic E-state index is 0.0451. The Labute approximate surface area is 189 Å². The van der Waals surface area contributed by atoms with Crippen LogP contribution in [-0.2, 0) is 14.8 Å². The van der Waals surface area contributed by atoms with Crippen molar-refractivity contribution in [3.05, 3.63) is 64.7 Å². The Balaban J connectivity index is 2.05. The number of benzene rings is 2. The highest BCUT2D eigenvalue weighted by atomic mass is 35.5. The third-order valence-corrected chi connectivity index (χ3v) is 7.46. The van der Waals surface area contributed by atoms with E-state index < -0.39 is 15.9 Å². The molecule has 0 aliphatic rings. The summed E-state index contributed by atoms with van der Waals surface area (Å²) in [6, 6.07) is 12.8. The average Bonchev–Trinajstić information content (AvgIpc) is 2.77. The van der Waals surface area contributed by atoms with Gasteiger partial charge in [0.2, 0.25) is 15.9 Å². The quantitative estimate of drug-likeness (QED) is 0.615. The minimum atomic E-state index is -3.68. The zero-order valence-electron chi connectivity index (χ0n) is 18.1. The third-order valence-electron chi connectivity index (χ3n) is 5.17. The summed E-state index contributed by atoms with van der Waals surface area (Å²) in [6.07, 6.45) is 0. The van der Waals surface area contributed by atoms with E-state index in [-0.39, 0.29) is 29.0 Å². The molecule has 0 heterocycles. The van der Waals surface area contributed by atoms with Gasteiger partial charge in [0.1, 0.15) is 0 Å². The molecule has 0 radical (unpaired) electrons. The molecule has 0 aliphatic carbocycles. The Morgan fingerprint density at radius 1 is 1.06 bits per heavy atom. The molecular weight excluding hydrogens is 438 g/mol. The smallest absolute Gasteiger partial charge is 0.251 e. The van der Waals surface area contributed by atoms with Crippen LogP contribution in [0.4, 0.5) is 0 Å². The number of rotatable bonds is 9. The van der Waals surface area contributed by atoms with Gasteiger partial charge in [-0.2, -0.15) is 4.31 Å². The average molecular weight is 466 g/mol. The van der Waals surface area contributed by atoms with Gasteiger partial charge in [0, 0.05) is 30.7 Å². The van der Waals surface area contributed by atoms with Gasteiger partial charge in [-0.1, -0.05) is 43.6 Å². The first-order valence-electron chi connectivity index (χ1n) is 10.0. The molecular formula is C22H28ClN3O4S. The van der Waals surface area contributed by atoms with Crippen LogP contribution in [0.5, 0.6) is 0 Å². The summed E-state index contributed by atoms with van der Waals surface area (Å²) in [4.78, 5) is 26.6. The molecule has 1 atom stereocenters. The Morgan fingerprint density at radius 2 is 1.68 bits per heavy atom. The summed E-state index contributed by atoms with van der Waals surface area (Å²) in [6.45, 7) is 5.85. The summed E-state index contributed by atoms with van der Waals surface area (Å²) in [5.74, 6) is -0.791. The number of nitrogens with one attached hydrogen (secondary N) is 1. The summed E-state index contributed by atoms with van der Waals surface area (Å²) in [5, 5.41) is 3.18. The molecule has 1 N–H and O–H groups in total. The second-order valence-electron chi connectivity index (χ2n) is 7.03. The topological polar surface area (TPSA) is 86.8 Å². The lowest BCUT2D eigenvalue weighted by Crippen LogP contribution is -2.39. The van der Waals surface area contributed by atoms with Gasteiger partial charge in [0.15, 0.2) is 0 Å². The van der Waals surface area contributed by atoms with Gasteiger partial charge in [-0.15, -0.1) is 0 Å². The Bertz CT molecular complexity index is 1020. The van der Waals surface area contributed by atoms with Crippen LogP contribution < -0.4 is 5.32 Å². The maximum atomic E-state index is 12.7. The van der Waals surface area contributed by atoms with E-state index in [1.54, 1.807) is 33.0 Å². The van der Waals surface area contributed by atoms with E-state index in [4.69, 9.17) is 11.6 Å². The maximum Gasteiger partial charge on any atom is 0.251 e. The van der Waals surface area contributed by atoms with E-state index in [0.29, 0.717) is 18.1 Å². The van der Waals surface area contributed by atoms with Crippen LogP contribution >= 0.6 is 11.6 Å². The van der Waals surface area contributed by atoms with Crippen molar-refractivity contribution >= 4 is 33.4 Å². The number of carbonyl (C=O) groups is 2. The lowest BCUT2D eigenvalue weighted by atomic mass is 10.1. The van der Waals surface area contributed by atoms with Crippen LogP contribution in [0.15, 0.2) is 53.4 Å². The summed E-state index contributed by atoms with van der Waals surface area (Å²) in [7, 11) is -2.02. The SMILES string of the molecule is CCN(CC)S(=O)(=O)c1cccc(C(=O)NCC(=O)N(C)C(C)c2ccc(Cl)cc2)c1. The molecule has 0 aromatic heterocycles. The predicted molar refractivity (Wildman–Crippen MR) is 122 cm³/mol. The van der Waals surface area contributed by atoms with Crippen LogP contribution in [0.3, 0.4) is 0 Å². The number of amides is 2. The second kappa shape index (κ2) is 10.7. The Kier molecular flexibility index (Phi) is 8.61. The first-order valence-corrected chi connectivity index (χ1v) is 11.8. The highest BCUT2D eigenvalue weighted by Gasteiger charge is 2.23. The number of hydrogen-bond donors (Lipinski definition) is 1. The third kappa shape index (κ3) is 6.06. The van der Waals surface area contributed by atoms with Gasteiger partial charge >= 0.3 is 0 Å². The number of hydrogen-bond acceptors (Lipinski definition) is 4. The van der Waals surface area contributed by atoms with E-state index >= 15 is 0 Å². The fourth-order valence-electron chi connectivity index (χ4n) is 3.07. The molecule has 0 bridgehead atoms. The fraction of sp³-hybridized carbons (Fsp3) is 0.364. The van der Waals surface area contributed by atoms with E-state index in [1.165, 1.54) is 33.5 Å². The zero-order chi connectivity index (χ0) is 23.2. The van der Waals surface area contributed by atoms with Gasteiger partial charge in [0.05, 0.1) is 17.5 Å². The number of carbonyl (C=O) groups excluding carboxylic acids is 2. The molecule has 0 spiro atoms. The van der Waals surface area contributed by atoms with Gasteiger partial charge in [-0.05, 0) is 42.8 Å². The molecule has 9 heteroatoms. The number of sulfonamides is 1. The van der Waals surface area contributed by atoms with Crippen molar-refractivity contribution < 1.29 is 18.0 Å². The zero-order valence-corrected chi connectivity index (χ0v) is 19.7. The Morgan fingerprint density at radius 3 is 2.26 bits per heavy atom. The van der Waals surface area contributed by atoms with Crippen LogP contribution in [-0.4, -0.2) is 56.1 Å². The lowest BCUT2D eigenvalue weighted by molar-refractivity contribution is -0.130. The monoisotopic (exact) mass is 465 g/mol. The van der Waals surface area contributed by atoms with Crippen LogP contribution in [0, 0.1) is 0 Å². The molecule has 1 unspecified atom stereocenters. The van der Waals surface area contributed by atoms with Gasteiger partial charge < -0.3 is 10.2 Å². The minimum Gasteiger partial charge on any atom is -0.343 e. The molecule has 2 aromatic rings. The molecule has 2 amide bonds. The van der Waals surface area contributed by atoms with Crippen molar-refractivity contribution in [3.63, 3.8) is 0 Å². The largest absolute Gasteiger partial charge is 0.343 e. The maximum absolute atomic E-state index is 12.7. The van der Waals surface area contributed by atoms with E-state index in [1.807, 2.05) is 19.1 Å². The molecule has 0 saturated heterocycles. The molecule has 2 rings (SSSR count). The van der Waals surface area contributed by atoms with Crippen molar-refractivity contribution in [2.75, 3.05) is 26.7 Å². The van der Waals surface area contributed by atoms with Crippen molar-refractivity contribution in [1.82, 2.24) is 14.5 Å². The first kappa shape index (κ1) is 24.8. The van der Waals surface area contributed by atoms with Crippen LogP contribution in [0.25, 0.3) is 0 Å². The van der Waals surface area contributed by atoms with Crippen molar-refractivity contribution in [2.24, 2.45) is 0 Å². The van der Waals surface area contributed by atoms with E-state index in [0.717, 1.165) is 5.56 Å². The second-order valence-corrected chi connectivity index (χ2v) is 9.41. The normalized spacial score (nSPS) is 12.5. The van der Waals surface area contributed by atoms with E-state index in [9.17, 15) is 18.0 Å². The Hall–Kier alpha value is -2.42. The van der Waals surface area contributed by atoms with Crippen LogP contribution in [0.2, 0.25) is 5.02 Å². The standard InChI is InChI=1S/C22H28ClN3O4S/c1-5-26(6-2)31(29,30)20-9-7-8-18(14-20)22(28)24-15-21(27)25(4)16(3)17-10-12-19(23)13-11-17/h7-14,16H,5-6,15H2,1-4H3,(H,24,28). The van der Waals surface area contributed by atoms with Gasteiger partial charge in [-0.25, -0.2) is 8.42 Å². The van der Waals surface area contributed by atoms with Crippen molar-refractivity contribution in [2.45, 2.75) is 31.7 Å². The number of likely N-dealkylation sites (N-methyl/N-ethyl adjacent to an activating group) is 1. The molecule has 0 saturated carbocycles. The molecule has 0 fully saturated rings. The number of nitrogens with zero attached hydrogens (tertiary/aromatic N) is 2. The molecule has 168 valence electrons. The highest BCUT2D eigenvalue weighted by Crippen LogP contribution is 2.21. The predicted octanol–water partition coefficient (Wildman–Crippen LogP) is 3.32. The van der Waals surface area contributed by atoms with Crippen LogP contribution in [0.1, 0.15) is 42.7 Å². The lowest BCUT2D eigenvalue weighted by Gasteiger charge is -2.25. The first-order chi connectivity index (χ1) is 14.6. The van der Waals surface area contributed by atoms with Crippen molar-refractivity contribution in [1.29, 1.82) is 0 Å². The van der Waals surface area contributed by atoms with Crippen molar-refractivity contribution in [3.8, 4) is 0 Å². The highest BCUT2D eigenvalue weighted by molar-refractivity contribution is 7.89. The summed E-state index contributed by atoms with van der Waals surface area (Å²) in [5.41, 5.74) is 1.09. The summed E-state index contributed by atoms with van der Waals surface area (Å²) >= 11 is 5.91. The van der Waals surface area contributed by atoms with Gasteiger partial charge in [-0.3, -0.25) is 9.59 Å². The molecule has 2 aromatic carbocycles. The van der Waals surface area contributed by atoms with Gasteiger partial charge in [0.25, 0.3) is 5.91 Å². The van der Waals surface area contributed by atoms with E-state index in [2.05, 4.69) is 5.32 Å². The molecule has 7 nitrogen and oxygen atoms in total. The number of halogens is 1. The summed E-state index contributed by atoms with van der Waals surface area (Å²) < 4.78 is 26.7. The molecule has 0 aliphatic heterocycles. The molecule has 31 heavy (non-hydrogen) atoms. The fourth-order valence-corrected chi connectivity index (χ4v) is 4.70.